The second kappa shape index (κ2) is 6.11. The summed E-state index contributed by atoms with van der Waals surface area (Å²) in [6.45, 7) is 5.03. The van der Waals surface area contributed by atoms with Gasteiger partial charge in [-0.2, -0.15) is 5.10 Å². The van der Waals surface area contributed by atoms with E-state index in [4.69, 9.17) is 4.98 Å². The minimum atomic E-state index is 0.437. The van der Waals surface area contributed by atoms with Gasteiger partial charge < -0.3 is 5.32 Å². The van der Waals surface area contributed by atoms with Crippen molar-refractivity contribution in [2.45, 2.75) is 26.4 Å². The van der Waals surface area contributed by atoms with Gasteiger partial charge in [0.25, 0.3) is 0 Å². The van der Waals surface area contributed by atoms with Crippen molar-refractivity contribution in [2.75, 3.05) is 0 Å². The van der Waals surface area contributed by atoms with Crippen molar-refractivity contribution in [3.63, 3.8) is 0 Å². The van der Waals surface area contributed by atoms with Gasteiger partial charge in [0.15, 0.2) is 5.82 Å². The molecule has 0 unspecified atom stereocenters. The van der Waals surface area contributed by atoms with E-state index in [0.717, 1.165) is 27.0 Å². The third kappa shape index (κ3) is 3.24. The van der Waals surface area contributed by atoms with Crippen molar-refractivity contribution in [2.24, 2.45) is 0 Å². The summed E-state index contributed by atoms with van der Waals surface area (Å²) in [5.41, 5.74) is 1.03. The predicted molar refractivity (Wildman–Crippen MR) is 93.6 cm³/mol. The highest BCUT2D eigenvalue weighted by atomic mass is 127. The molecular weight excluding hydrogens is 375 g/mol. The molecule has 0 saturated carbocycles. The van der Waals surface area contributed by atoms with Gasteiger partial charge in [-0.25, -0.2) is 9.67 Å². The quantitative estimate of drug-likeness (QED) is 0.691. The van der Waals surface area contributed by atoms with E-state index in [0.29, 0.717) is 6.04 Å². The summed E-state index contributed by atoms with van der Waals surface area (Å²) in [6.07, 6.45) is 3.84. The van der Waals surface area contributed by atoms with Gasteiger partial charge >= 0.3 is 0 Å². The molecule has 21 heavy (non-hydrogen) atoms. The lowest BCUT2D eigenvalue weighted by Crippen LogP contribution is -2.22. The Morgan fingerprint density at radius 2 is 2.10 bits per heavy atom. The Hall–Kier alpha value is -1.47. The highest BCUT2D eigenvalue weighted by molar-refractivity contribution is 14.1. The molecule has 0 fully saturated rings. The number of rotatable bonds is 4. The molecule has 0 aliphatic rings. The van der Waals surface area contributed by atoms with E-state index in [9.17, 15) is 0 Å². The first-order valence-electron chi connectivity index (χ1n) is 6.96. The van der Waals surface area contributed by atoms with Crippen molar-refractivity contribution in [1.29, 1.82) is 0 Å². The van der Waals surface area contributed by atoms with Crippen LogP contribution >= 0.6 is 22.6 Å². The topological polar surface area (TPSA) is 42.7 Å². The normalized spacial score (nSPS) is 11.4. The van der Waals surface area contributed by atoms with Gasteiger partial charge in [-0.05, 0) is 34.0 Å². The standard InChI is InChI=1S/C16H17IN4/c1-11(2)18-9-14-7-12-5-3-4-6-15(12)16(20-14)21-10-13(17)8-19-21/h3-8,10-11,18H,9H2,1-2H3. The molecule has 2 heterocycles. The molecular formula is C16H17IN4. The van der Waals surface area contributed by atoms with Crippen LogP contribution in [0.4, 0.5) is 0 Å². The number of nitrogens with one attached hydrogen (secondary N) is 1. The zero-order valence-electron chi connectivity index (χ0n) is 12.0. The summed E-state index contributed by atoms with van der Waals surface area (Å²) >= 11 is 2.26. The summed E-state index contributed by atoms with van der Waals surface area (Å²) in [4.78, 5) is 4.79. The summed E-state index contributed by atoms with van der Waals surface area (Å²) < 4.78 is 2.95. The lowest BCUT2D eigenvalue weighted by atomic mass is 10.1. The Balaban J connectivity index is 2.11. The highest BCUT2D eigenvalue weighted by Crippen LogP contribution is 2.22. The molecule has 0 aliphatic heterocycles. The molecule has 1 aromatic carbocycles. The van der Waals surface area contributed by atoms with Gasteiger partial charge in [-0.1, -0.05) is 38.1 Å². The first-order chi connectivity index (χ1) is 10.1. The Labute approximate surface area is 137 Å². The first-order valence-corrected chi connectivity index (χ1v) is 8.04. The van der Waals surface area contributed by atoms with E-state index < -0.39 is 0 Å². The van der Waals surface area contributed by atoms with Crippen LogP contribution < -0.4 is 5.32 Å². The molecule has 0 amide bonds. The molecule has 108 valence electrons. The molecule has 1 N–H and O–H groups in total. The second-order valence-corrected chi connectivity index (χ2v) is 6.54. The maximum Gasteiger partial charge on any atom is 0.161 e. The molecule has 0 bridgehead atoms. The van der Waals surface area contributed by atoms with Crippen molar-refractivity contribution < 1.29 is 0 Å². The van der Waals surface area contributed by atoms with Crippen molar-refractivity contribution in [3.8, 4) is 5.82 Å². The van der Waals surface area contributed by atoms with Crippen LogP contribution in [0, 0.1) is 3.57 Å². The van der Waals surface area contributed by atoms with Crippen molar-refractivity contribution >= 4 is 33.4 Å². The van der Waals surface area contributed by atoms with E-state index in [2.05, 4.69) is 71.1 Å². The molecule has 3 rings (SSSR count). The molecule has 0 radical (unpaired) electrons. The molecule has 3 aromatic rings. The highest BCUT2D eigenvalue weighted by Gasteiger charge is 2.09. The van der Waals surface area contributed by atoms with Crippen LogP contribution in [0.5, 0.6) is 0 Å². The third-order valence-electron chi connectivity index (χ3n) is 3.23. The monoisotopic (exact) mass is 392 g/mol. The van der Waals surface area contributed by atoms with Gasteiger partial charge in [0.1, 0.15) is 0 Å². The molecule has 0 spiro atoms. The van der Waals surface area contributed by atoms with E-state index in [1.165, 1.54) is 5.39 Å². The number of hydrogen-bond acceptors (Lipinski definition) is 3. The molecule has 0 atom stereocenters. The van der Waals surface area contributed by atoms with Crippen LogP contribution in [0.25, 0.3) is 16.6 Å². The van der Waals surface area contributed by atoms with Crippen LogP contribution in [0.3, 0.4) is 0 Å². The van der Waals surface area contributed by atoms with E-state index >= 15 is 0 Å². The van der Waals surface area contributed by atoms with Gasteiger partial charge in [0.05, 0.1) is 15.5 Å². The molecule has 5 heteroatoms. The van der Waals surface area contributed by atoms with Gasteiger partial charge in [-0.3, -0.25) is 0 Å². The number of halogens is 1. The number of pyridine rings is 1. The first kappa shape index (κ1) is 14.5. The average molecular weight is 392 g/mol. The lowest BCUT2D eigenvalue weighted by molar-refractivity contribution is 0.581. The number of benzene rings is 1. The zero-order valence-corrected chi connectivity index (χ0v) is 14.2. The molecule has 4 nitrogen and oxygen atoms in total. The summed E-state index contributed by atoms with van der Waals surface area (Å²) in [7, 11) is 0. The van der Waals surface area contributed by atoms with E-state index in [-0.39, 0.29) is 0 Å². The van der Waals surface area contributed by atoms with E-state index in [1.807, 2.05) is 23.1 Å². The SMILES string of the molecule is CC(C)NCc1cc2ccccc2c(-n2cc(I)cn2)n1. The Morgan fingerprint density at radius 1 is 1.29 bits per heavy atom. The molecule has 0 saturated heterocycles. The summed E-state index contributed by atoms with van der Waals surface area (Å²) in [5.74, 6) is 0.886. The number of aromatic nitrogens is 3. The number of nitrogens with zero attached hydrogens (tertiary/aromatic N) is 3. The Kier molecular flexibility index (Phi) is 4.21. The summed E-state index contributed by atoms with van der Waals surface area (Å²) in [5, 5.41) is 10.1. The van der Waals surface area contributed by atoms with Gasteiger partial charge in [0.2, 0.25) is 0 Å². The third-order valence-corrected chi connectivity index (χ3v) is 3.79. The molecule has 0 aliphatic carbocycles. The summed E-state index contributed by atoms with van der Waals surface area (Å²) in [6, 6.07) is 10.9. The van der Waals surface area contributed by atoms with Crippen LogP contribution in [0.1, 0.15) is 19.5 Å². The van der Waals surface area contributed by atoms with Gasteiger partial charge in [0, 0.05) is 24.2 Å². The van der Waals surface area contributed by atoms with Crippen molar-refractivity contribution in [3.05, 3.63) is 52.0 Å². The lowest BCUT2D eigenvalue weighted by Gasteiger charge is -2.11. The number of hydrogen-bond donors (Lipinski definition) is 1. The largest absolute Gasteiger partial charge is 0.309 e. The smallest absolute Gasteiger partial charge is 0.161 e. The van der Waals surface area contributed by atoms with Crippen LogP contribution in [-0.2, 0) is 6.54 Å². The Morgan fingerprint density at radius 3 is 2.81 bits per heavy atom. The maximum absolute atomic E-state index is 4.79. The van der Waals surface area contributed by atoms with Crippen LogP contribution in [0.2, 0.25) is 0 Å². The minimum Gasteiger partial charge on any atom is -0.309 e. The fourth-order valence-corrected chi connectivity index (χ4v) is 2.61. The predicted octanol–water partition coefficient (Wildman–Crippen LogP) is 3.52. The van der Waals surface area contributed by atoms with Crippen molar-refractivity contribution in [1.82, 2.24) is 20.1 Å². The maximum atomic E-state index is 4.79. The second-order valence-electron chi connectivity index (χ2n) is 5.30. The number of fused-ring (bicyclic) bond motifs is 1. The minimum absolute atomic E-state index is 0.437. The van der Waals surface area contributed by atoms with Crippen LogP contribution in [0.15, 0.2) is 42.7 Å². The zero-order chi connectivity index (χ0) is 14.8. The van der Waals surface area contributed by atoms with Crippen LogP contribution in [-0.4, -0.2) is 20.8 Å². The van der Waals surface area contributed by atoms with Gasteiger partial charge in [-0.15, -0.1) is 0 Å². The fraction of sp³-hybridized carbons (Fsp3) is 0.250. The Bertz CT molecular complexity index is 764. The van der Waals surface area contributed by atoms with E-state index in [1.54, 1.807) is 0 Å². The molecule has 2 aromatic heterocycles. The fourth-order valence-electron chi connectivity index (χ4n) is 2.23. The average Bonchev–Trinajstić information content (AvgIpc) is 2.90.